The lowest BCUT2D eigenvalue weighted by Gasteiger charge is -2.13. The highest BCUT2D eigenvalue weighted by Crippen LogP contribution is 2.40. The number of benzene rings is 2. The molecular formula is C43H60N2O9. The van der Waals surface area contributed by atoms with E-state index in [4.69, 9.17) is 30.2 Å². The van der Waals surface area contributed by atoms with E-state index in [1.54, 1.807) is 6.07 Å². The Labute approximate surface area is 318 Å². The molecule has 4 rings (SSSR count). The Balaban J connectivity index is 1.02. The Bertz CT molecular complexity index is 1850. The number of carbonyl (C=O) groups is 2. The van der Waals surface area contributed by atoms with Crippen molar-refractivity contribution in [3.05, 3.63) is 56.5 Å². The second-order valence-electron chi connectivity index (χ2n) is 14.5. The number of hydrogen-bond donors (Lipinski definition) is 3. The second-order valence-corrected chi connectivity index (χ2v) is 14.5. The number of hydrogen-bond acceptors (Lipinski definition) is 8. The van der Waals surface area contributed by atoms with E-state index in [-0.39, 0.29) is 22.9 Å². The number of aryl methyl sites for hydroxylation is 1. The Morgan fingerprint density at radius 1 is 0.630 bits per heavy atom. The first kappa shape index (κ1) is 42.2. The zero-order valence-corrected chi connectivity index (χ0v) is 32.1. The quantitative estimate of drug-likeness (QED) is 0.0346. The van der Waals surface area contributed by atoms with Gasteiger partial charge in [-0.2, -0.15) is 0 Å². The number of carboxylic acids is 2. The fourth-order valence-electron chi connectivity index (χ4n) is 7.22. The van der Waals surface area contributed by atoms with Gasteiger partial charge in [0.25, 0.3) is 0 Å². The van der Waals surface area contributed by atoms with Crippen LogP contribution in [0, 0.1) is 6.92 Å². The molecule has 0 aliphatic rings. The van der Waals surface area contributed by atoms with Crippen molar-refractivity contribution in [1.82, 2.24) is 4.57 Å². The topological polar surface area (TPSA) is 167 Å². The summed E-state index contributed by atoms with van der Waals surface area (Å²) in [6, 6.07) is 9.62. The van der Waals surface area contributed by atoms with Gasteiger partial charge in [-0.3, -0.25) is 14.4 Å². The first-order valence-electron chi connectivity index (χ1n) is 20.2. The molecule has 0 amide bonds. The lowest BCUT2D eigenvalue weighted by molar-refractivity contribution is -0.139. The third-order valence-corrected chi connectivity index (χ3v) is 10.3. The first-order valence-corrected chi connectivity index (χ1v) is 20.2. The van der Waals surface area contributed by atoms with Crippen LogP contribution in [0.15, 0.2) is 39.9 Å². The highest BCUT2D eigenvalue weighted by atomic mass is 16.5. The molecule has 0 radical (unpaired) electrons. The predicted octanol–water partition coefficient (Wildman–Crippen LogP) is 9.09. The Morgan fingerprint density at radius 2 is 1.11 bits per heavy atom. The molecule has 0 saturated heterocycles. The number of aromatic nitrogens is 1. The van der Waals surface area contributed by atoms with Crippen LogP contribution in [0.5, 0.6) is 17.2 Å². The highest BCUT2D eigenvalue weighted by Gasteiger charge is 2.26. The van der Waals surface area contributed by atoms with E-state index in [0.29, 0.717) is 36.3 Å². The van der Waals surface area contributed by atoms with E-state index in [1.165, 1.54) is 57.8 Å². The van der Waals surface area contributed by atoms with E-state index >= 15 is 0 Å². The molecule has 0 unspecified atom stereocenters. The number of aliphatic carboxylic acids is 2. The number of unbranched alkanes of at least 4 members (excludes halogenated alkanes) is 17. The van der Waals surface area contributed by atoms with Crippen molar-refractivity contribution >= 4 is 39.3 Å². The van der Waals surface area contributed by atoms with E-state index in [9.17, 15) is 19.2 Å². The van der Waals surface area contributed by atoms with Crippen LogP contribution in [0.1, 0.15) is 134 Å². The second kappa shape index (κ2) is 22.6. The number of nitrogen functional groups attached to an aromatic ring is 1. The molecule has 3 aromatic carbocycles. The molecule has 4 N–H and O–H groups in total. The van der Waals surface area contributed by atoms with Crippen molar-refractivity contribution in [2.45, 2.75) is 142 Å². The predicted molar refractivity (Wildman–Crippen MR) is 214 cm³/mol. The fourth-order valence-corrected chi connectivity index (χ4v) is 7.22. The number of anilines is 1. The zero-order chi connectivity index (χ0) is 38.7. The molecule has 0 fully saturated rings. The van der Waals surface area contributed by atoms with Crippen LogP contribution in [0.2, 0.25) is 0 Å². The molecule has 296 valence electrons. The molecule has 11 nitrogen and oxygen atoms in total. The van der Waals surface area contributed by atoms with Crippen molar-refractivity contribution in [3.8, 4) is 17.2 Å². The monoisotopic (exact) mass is 748 g/mol. The van der Waals surface area contributed by atoms with E-state index in [2.05, 4.69) is 0 Å². The van der Waals surface area contributed by atoms with Gasteiger partial charge >= 0.3 is 11.9 Å². The molecule has 0 atom stereocenters. The maximum atomic E-state index is 12.3. The largest absolute Gasteiger partial charge is 0.490 e. The van der Waals surface area contributed by atoms with Gasteiger partial charge in [-0.05, 0) is 50.8 Å². The minimum Gasteiger partial charge on any atom is -0.490 e. The third kappa shape index (κ3) is 12.5. The van der Waals surface area contributed by atoms with Crippen LogP contribution >= 0.6 is 0 Å². The van der Waals surface area contributed by atoms with Gasteiger partial charge in [0.1, 0.15) is 5.75 Å². The molecule has 0 aliphatic carbocycles. The summed E-state index contributed by atoms with van der Waals surface area (Å²) in [5.74, 6) is -0.134. The molecule has 54 heavy (non-hydrogen) atoms. The molecule has 1 heterocycles. The van der Waals surface area contributed by atoms with E-state index in [0.717, 1.165) is 81.4 Å². The van der Waals surface area contributed by atoms with Crippen molar-refractivity contribution in [3.63, 3.8) is 0 Å². The normalized spacial score (nSPS) is 11.5. The van der Waals surface area contributed by atoms with Crippen LogP contribution in [0.25, 0.3) is 21.7 Å². The maximum absolute atomic E-state index is 12.3. The average molecular weight is 749 g/mol. The molecular weight excluding hydrogens is 688 g/mol. The Hall–Kier alpha value is -4.54. The van der Waals surface area contributed by atoms with Crippen molar-refractivity contribution in [2.24, 2.45) is 0 Å². The summed E-state index contributed by atoms with van der Waals surface area (Å²) in [5, 5.41) is 18.7. The minimum absolute atomic E-state index is 0.0992. The van der Waals surface area contributed by atoms with Gasteiger partial charge < -0.3 is 34.7 Å². The van der Waals surface area contributed by atoms with Gasteiger partial charge in [0, 0.05) is 24.0 Å². The van der Waals surface area contributed by atoms with Crippen molar-refractivity contribution < 1.29 is 34.0 Å². The summed E-state index contributed by atoms with van der Waals surface area (Å²) in [6.07, 6.45) is 21.6. The van der Waals surface area contributed by atoms with Gasteiger partial charge in [-0.1, -0.05) is 108 Å². The number of carboxylic acid groups (broad SMARTS) is 2. The molecule has 0 spiro atoms. The summed E-state index contributed by atoms with van der Waals surface area (Å²) in [6.45, 7) is 3.35. The van der Waals surface area contributed by atoms with Crippen LogP contribution in [0.3, 0.4) is 0 Å². The number of para-hydroxylation sites is 2. The summed E-state index contributed by atoms with van der Waals surface area (Å²) in [4.78, 5) is 46.2. The van der Waals surface area contributed by atoms with E-state index < -0.39 is 29.4 Å². The van der Waals surface area contributed by atoms with Gasteiger partial charge in [0.05, 0.1) is 35.2 Å². The first-order chi connectivity index (χ1) is 26.2. The fraction of sp³-hybridized carbons (Fsp3) is 0.581. The zero-order valence-electron chi connectivity index (χ0n) is 32.1. The Morgan fingerprint density at radius 3 is 1.61 bits per heavy atom. The number of rotatable bonds is 30. The van der Waals surface area contributed by atoms with Crippen LogP contribution < -0.4 is 30.8 Å². The average Bonchev–Trinajstić information content (AvgIpc) is 3.40. The molecule has 4 aromatic rings. The lowest BCUT2D eigenvalue weighted by Crippen LogP contribution is -2.31. The Kier molecular flexibility index (Phi) is 17.7. The van der Waals surface area contributed by atoms with Crippen LogP contribution in [-0.4, -0.2) is 46.5 Å². The summed E-state index contributed by atoms with van der Waals surface area (Å²) >= 11 is 0. The SMILES string of the molecule is Cc1c(N)c2c(OCC(=O)O)c3c(=O)c(=O)c3cc2n1CCCCCCCCCCCCOc1ccccc1OCCCCCCCCCCCC(=O)O. The number of nitrogens with two attached hydrogens (primary N) is 1. The van der Waals surface area contributed by atoms with Crippen LogP contribution in [-0.2, 0) is 16.1 Å². The van der Waals surface area contributed by atoms with Crippen molar-refractivity contribution in [1.29, 1.82) is 0 Å². The summed E-state index contributed by atoms with van der Waals surface area (Å²) in [7, 11) is 0. The standard InChI is InChI=1S/C43H60N2O9/c1-31-40(44)39-33(29-32-38(42(51)41(32)50)43(39)54-30-37(48)49)45(31)26-20-14-10-6-2-3-7-11-15-21-27-52-34-23-18-19-24-35(34)53-28-22-16-12-8-4-5-9-13-17-25-36(46)47/h18-19,23-24,29H,2-17,20-22,25-28,30,44H2,1H3,(H,46,47)(H,48,49). The molecule has 11 heteroatoms. The van der Waals surface area contributed by atoms with Gasteiger partial charge in [-0.15, -0.1) is 0 Å². The van der Waals surface area contributed by atoms with Gasteiger partial charge in [0.2, 0.25) is 10.9 Å². The lowest BCUT2D eigenvalue weighted by atomic mass is 10.0. The smallest absolute Gasteiger partial charge is 0.341 e. The van der Waals surface area contributed by atoms with Crippen molar-refractivity contribution in [2.75, 3.05) is 25.6 Å². The van der Waals surface area contributed by atoms with Gasteiger partial charge in [-0.25, -0.2) is 4.79 Å². The number of ether oxygens (including phenoxy) is 3. The maximum Gasteiger partial charge on any atom is 0.341 e. The molecule has 0 bridgehead atoms. The van der Waals surface area contributed by atoms with Gasteiger partial charge in [0.15, 0.2) is 18.1 Å². The summed E-state index contributed by atoms with van der Waals surface area (Å²) < 4.78 is 19.7. The number of nitrogens with zero attached hydrogens (tertiary/aromatic N) is 1. The molecule has 0 aliphatic heterocycles. The minimum atomic E-state index is -1.17. The third-order valence-electron chi connectivity index (χ3n) is 10.3. The molecule has 0 saturated carbocycles. The van der Waals surface area contributed by atoms with Crippen LogP contribution in [0.4, 0.5) is 5.69 Å². The number of fused-ring (bicyclic) bond motifs is 2. The molecule has 1 aromatic heterocycles. The summed E-state index contributed by atoms with van der Waals surface area (Å²) in [5.41, 5.74) is 7.12. The highest BCUT2D eigenvalue weighted by molar-refractivity contribution is 6.11. The van der Waals surface area contributed by atoms with E-state index in [1.807, 2.05) is 35.8 Å².